The number of benzene rings is 6. The van der Waals surface area contributed by atoms with Crippen molar-refractivity contribution >= 4 is 76.4 Å². The van der Waals surface area contributed by atoms with E-state index < -0.39 is 16.0 Å². The van der Waals surface area contributed by atoms with Crippen LogP contribution in [-0.4, -0.2) is 36.1 Å². The van der Waals surface area contributed by atoms with Crippen LogP contribution in [0.2, 0.25) is 0 Å². The number of hydrogen-bond acceptors (Lipinski definition) is 7. The molecule has 11 heteroatoms. The molecule has 222 valence electrons. The highest BCUT2D eigenvalue weighted by atomic mass is 32.2. The lowest BCUT2D eigenvalue weighted by Gasteiger charge is -2.12. The monoisotopic (exact) mass is 616 g/mol. The zero-order valence-electron chi connectivity index (χ0n) is 23.6. The number of amides is 1. The molecule has 0 aliphatic rings. The average Bonchev–Trinajstić information content (AvgIpc) is 3.42. The summed E-state index contributed by atoms with van der Waals surface area (Å²) >= 11 is 0. The molecule has 6 aromatic carbocycles. The topological polar surface area (TPSA) is 153 Å². The number of H-pyrrole nitrogens is 1. The predicted molar refractivity (Wildman–Crippen MR) is 174 cm³/mol. The fourth-order valence-corrected chi connectivity index (χ4v) is 6.29. The van der Waals surface area contributed by atoms with Gasteiger partial charge in [0.25, 0.3) is 16.0 Å². The Morgan fingerprint density at radius 3 is 2.27 bits per heavy atom. The van der Waals surface area contributed by atoms with Crippen LogP contribution in [0, 0.1) is 0 Å². The lowest BCUT2D eigenvalue weighted by Crippen LogP contribution is -2.12. The molecule has 0 atom stereocenters. The van der Waals surface area contributed by atoms with Crippen molar-refractivity contribution in [2.75, 3.05) is 12.4 Å². The van der Waals surface area contributed by atoms with Gasteiger partial charge >= 0.3 is 0 Å². The molecule has 1 aromatic heterocycles. The fourth-order valence-electron chi connectivity index (χ4n) is 5.59. The number of aromatic hydroxyl groups is 1. The smallest absolute Gasteiger partial charge is 0.295 e. The number of nitrogens with one attached hydrogen (secondary N) is 2. The number of fused-ring (bicyclic) bond motifs is 6. The number of carbonyl (C=O) groups is 1. The number of methoxy groups -OCH3 is 1. The molecule has 45 heavy (non-hydrogen) atoms. The Bertz CT molecular complexity index is 2450. The molecule has 0 radical (unpaired) electrons. The van der Waals surface area contributed by atoms with E-state index in [-0.39, 0.29) is 27.3 Å². The number of ether oxygens (including phenoxy) is 1. The first kappa shape index (κ1) is 28.0. The van der Waals surface area contributed by atoms with Gasteiger partial charge in [-0.3, -0.25) is 9.35 Å². The predicted octanol–water partition coefficient (Wildman–Crippen LogP) is 8.26. The first-order valence-corrected chi connectivity index (χ1v) is 15.2. The quantitative estimate of drug-likeness (QED) is 0.109. The zero-order valence-corrected chi connectivity index (χ0v) is 24.5. The van der Waals surface area contributed by atoms with Gasteiger partial charge in [0, 0.05) is 38.1 Å². The Morgan fingerprint density at radius 2 is 1.53 bits per heavy atom. The molecule has 0 spiro atoms. The third kappa shape index (κ3) is 4.89. The summed E-state index contributed by atoms with van der Waals surface area (Å²) in [6, 6.07) is 29.2. The lowest BCUT2D eigenvalue weighted by atomic mass is 10.00. The summed E-state index contributed by atoms with van der Waals surface area (Å²) in [6.45, 7) is 0. The van der Waals surface area contributed by atoms with E-state index in [0.717, 1.165) is 16.3 Å². The van der Waals surface area contributed by atoms with Gasteiger partial charge in [0.05, 0.1) is 23.9 Å². The van der Waals surface area contributed by atoms with Crippen LogP contribution in [0.3, 0.4) is 0 Å². The molecule has 0 bridgehead atoms. The van der Waals surface area contributed by atoms with Gasteiger partial charge in [-0.05, 0) is 53.9 Å². The molecule has 0 saturated heterocycles. The fraction of sp³-hybridized carbons (Fsp3) is 0.0294. The molecule has 0 aliphatic carbocycles. The maximum absolute atomic E-state index is 13.5. The van der Waals surface area contributed by atoms with Crippen LogP contribution in [-0.2, 0) is 10.1 Å². The van der Waals surface area contributed by atoms with Gasteiger partial charge in [0.15, 0.2) is 5.75 Å². The Labute approximate surface area is 256 Å². The van der Waals surface area contributed by atoms with Crippen LogP contribution in [0.4, 0.5) is 17.1 Å². The van der Waals surface area contributed by atoms with Gasteiger partial charge in [0.1, 0.15) is 16.3 Å². The van der Waals surface area contributed by atoms with Crippen molar-refractivity contribution in [2.24, 2.45) is 10.2 Å². The van der Waals surface area contributed by atoms with Crippen molar-refractivity contribution < 1.29 is 27.6 Å². The summed E-state index contributed by atoms with van der Waals surface area (Å²) in [5, 5.41) is 27.1. The Morgan fingerprint density at radius 1 is 0.822 bits per heavy atom. The number of anilines is 1. The molecule has 1 heterocycles. The van der Waals surface area contributed by atoms with E-state index in [1.54, 1.807) is 61.7 Å². The second-order valence-electron chi connectivity index (χ2n) is 10.4. The zero-order chi connectivity index (χ0) is 31.3. The number of aromatic amines is 1. The molecule has 4 N–H and O–H groups in total. The number of rotatable bonds is 6. The van der Waals surface area contributed by atoms with Crippen LogP contribution in [0.15, 0.2) is 118 Å². The second kappa shape index (κ2) is 10.7. The third-order valence-electron chi connectivity index (χ3n) is 7.72. The molecule has 0 fully saturated rings. The molecular formula is C34H24N4O6S. The van der Waals surface area contributed by atoms with Crippen LogP contribution in [0.5, 0.6) is 11.5 Å². The van der Waals surface area contributed by atoms with Crippen molar-refractivity contribution in [1.82, 2.24) is 4.98 Å². The van der Waals surface area contributed by atoms with Crippen molar-refractivity contribution in [3.63, 3.8) is 0 Å². The standard InChI is InChI=1S/C34H24N4O6S/c1-44-21-13-11-20(12-14-21)35-34(40)26-18-19-10-15-25-23-7-4-5-9-27(23)36-31(25)30(19)32(33(26)39)38-37-28-16-17-29(45(41,42)43)24-8-3-2-6-22(24)28/h2-18,36,39H,1H3,(H,35,40)(H,41,42,43). The van der Waals surface area contributed by atoms with Gasteiger partial charge in [-0.15, -0.1) is 10.2 Å². The van der Waals surface area contributed by atoms with Gasteiger partial charge < -0.3 is 20.1 Å². The van der Waals surface area contributed by atoms with Gasteiger partial charge in [-0.2, -0.15) is 8.42 Å². The summed E-state index contributed by atoms with van der Waals surface area (Å²) < 4.78 is 39.0. The summed E-state index contributed by atoms with van der Waals surface area (Å²) in [6.07, 6.45) is 0. The SMILES string of the molecule is COc1ccc(NC(=O)c2cc3ccc4c5ccccc5[nH]c4c3c(N=Nc3ccc(S(=O)(=O)O)c4ccccc34)c2O)cc1. The first-order chi connectivity index (χ1) is 21.7. The third-order valence-corrected chi connectivity index (χ3v) is 8.63. The second-order valence-corrected chi connectivity index (χ2v) is 11.8. The highest BCUT2D eigenvalue weighted by Gasteiger charge is 2.22. The Balaban J connectivity index is 1.44. The van der Waals surface area contributed by atoms with E-state index in [2.05, 4.69) is 20.5 Å². The van der Waals surface area contributed by atoms with E-state index in [0.29, 0.717) is 38.8 Å². The molecule has 0 saturated carbocycles. The number of phenols is 1. The number of para-hydroxylation sites is 1. The minimum absolute atomic E-state index is 0.0192. The van der Waals surface area contributed by atoms with Crippen LogP contribution in [0.1, 0.15) is 10.4 Å². The van der Waals surface area contributed by atoms with E-state index >= 15 is 0 Å². The average molecular weight is 617 g/mol. The molecule has 10 nitrogen and oxygen atoms in total. The van der Waals surface area contributed by atoms with E-state index in [1.807, 2.05) is 36.4 Å². The minimum Gasteiger partial charge on any atom is -0.505 e. The number of nitrogens with zero attached hydrogens (tertiary/aromatic N) is 2. The number of azo groups is 1. The van der Waals surface area contributed by atoms with Crippen molar-refractivity contribution in [3.8, 4) is 11.5 Å². The van der Waals surface area contributed by atoms with Crippen molar-refractivity contribution in [2.45, 2.75) is 4.90 Å². The molecular weight excluding hydrogens is 592 g/mol. The molecule has 0 aliphatic heterocycles. The number of aromatic nitrogens is 1. The summed E-state index contributed by atoms with van der Waals surface area (Å²) in [7, 11) is -2.95. The van der Waals surface area contributed by atoms with Crippen LogP contribution < -0.4 is 10.1 Å². The largest absolute Gasteiger partial charge is 0.505 e. The Hall–Kier alpha value is -5.78. The Kier molecular flexibility index (Phi) is 6.69. The van der Waals surface area contributed by atoms with Gasteiger partial charge in [0.2, 0.25) is 0 Å². The highest BCUT2D eigenvalue weighted by Crippen LogP contribution is 2.44. The van der Waals surface area contributed by atoms with E-state index in [1.165, 1.54) is 12.1 Å². The number of carbonyl (C=O) groups excluding carboxylic acids is 1. The summed E-state index contributed by atoms with van der Waals surface area (Å²) in [5.41, 5.74) is 2.41. The molecule has 7 rings (SSSR count). The maximum Gasteiger partial charge on any atom is 0.295 e. The van der Waals surface area contributed by atoms with Crippen molar-refractivity contribution in [1.29, 1.82) is 0 Å². The summed E-state index contributed by atoms with van der Waals surface area (Å²) in [5.74, 6) is -0.318. The van der Waals surface area contributed by atoms with Crippen LogP contribution >= 0.6 is 0 Å². The normalized spacial score (nSPS) is 12.0. The molecule has 7 aromatic rings. The lowest BCUT2D eigenvalue weighted by molar-refractivity contribution is 0.102. The minimum atomic E-state index is -4.50. The van der Waals surface area contributed by atoms with Gasteiger partial charge in [-0.1, -0.05) is 54.6 Å². The first-order valence-electron chi connectivity index (χ1n) is 13.8. The van der Waals surface area contributed by atoms with Crippen molar-refractivity contribution in [3.05, 3.63) is 109 Å². The number of phenolic OH excluding ortho intramolecular Hbond substituents is 1. The van der Waals surface area contributed by atoms with E-state index in [9.17, 15) is 22.9 Å². The van der Waals surface area contributed by atoms with Gasteiger partial charge in [-0.25, -0.2) is 0 Å². The van der Waals surface area contributed by atoms with E-state index in [4.69, 9.17) is 4.74 Å². The maximum atomic E-state index is 13.5. The number of hydrogen-bond donors (Lipinski definition) is 4. The highest BCUT2D eigenvalue weighted by molar-refractivity contribution is 7.86. The molecule has 0 unspecified atom stereocenters. The van der Waals surface area contributed by atoms with Crippen LogP contribution in [0.25, 0.3) is 43.4 Å². The summed E-state index contributed by atoms with van der Waals surface area (Å²) in [4.78, 5) is 16.7. The molecule has 1 amide bonds.